The summed E-state index contributed by atoms with van der Waals surface area (Å²) in [5.41, 5.74) is 0. The molecule has 0 radical (unpaired) electrons. The normalized spacial score (nSPS) is 20.3. The number of ether oxygens (including phenoxy) is 1. The molecule has 6 nitrogen and oxygen atoms in total. The van der Waals surface area contributed by atoms with Crippen LogP contribution in [0.1, 0.15) is 12.8 Å². The molecule has 0 aliphatic carbocycles. The third-order valence-corrected chi connectivity index (χ3v) is 3.46. The molecule has 0 bridgehead atoms. The molecular formula is C9H14N2O4S. The van der Waals surface area contributed by atoms with Crippen molar-refractivity contribution in [1.29, 1.82) is 5.26 Å². The van der Waals surface area contributed by atoms with Crippen molar-refractivity contribution in [1.82, 2.24) is 5.32 Å². The Morgan fingerprint density at radius 3 is 2.88 bits per heavy atom. The lowest BCUT2D eigenvalue weighted by molar-refractivity contribution is -0.119. The lowest BCUT2D eigenvalue weighted by Crippen LogP contribution is -2.36. The summed E-state index contributed by atoms with van der Waals surface area (Å²) >= 11 is 0. The predicted octanol–water partition coefficient (Wildman–Crippen LogP) is -0.780. The molecule has 1 saturated heterocycles. The average Bonchev–Trinajstić information content (AvgIpc) is 2.66. The van der Waals surface area contributed by atoms with Crippen molar-refractivity contribution in [3.05, 3.63) is 0 Å². The molecule has 0 aromatic heterocycles. The minimum atomic E-state index is -3.59. The molecule has 0 aromatic rings. The zero-order valence-electron chi connectivity index (χ0n) is 8.81. The van der Waals surface area contributed by atoms with Gasteiger partial charge in [-0.25, -0.2) is 8.42 Å². The van der Waals surface area contributed by atoms with Crippen LogP contribution in [0.2, 0.25) is 0 Å². The third kappa shape index (κ3) is 4.59. The molecule has 16 heavy (non-hydrogen) atoms. The molecule has 0 spiro atoms. The van der Waals surface area contributed by atoms with Gasteiger partial charge in [0.25, 0.3) is 0 Å². The first kappa shape index (κ1) is 12.9. The number of nitrogens with zero attached hydrogens (tertiary/aromatic N) is 1. The van der Waals surface area contributed by atoms with Crippen LogP contribution < -0.4 is 5.32 Å². The summed E-state index contributed by atoms with van der Waals surface area (Å²) in [5, 5.41) is 10.7. The van der Waals surface area contributed by atoms with Crippen molar-refractivity contribution in [2.24, 2.45) is 0 Å². The van der Waals surface area contributed by atoms with Gasteiger partial charge in [-0.1, -0.05) is 0 Å². The minimum Gasteiger partial charge on any atom is -0.376 e. The number of nitriles is 1. The van der Waals surface area contributed by atoms with E-state index in [1.807, 2.05) is 0 Å². The summed E-state index contributed by atoms with van der Waals surface area (Å²) in [6.45, 7) is 1.02. The molecule has 0 saturated carbocycles. The Hall–Kier alpha value is -1.13. The number of carbonyl (C=O) groups is 1. The number of amides is 1. The molecular weight excluding hydrogens is 232 g/mol. The fourth-order valence-electron chi connectivity index (χ4n) is 1.43. The molecule has 0 aromatic carbocycles. The molecule has 1 aliphatic rings. The maximum Gasteiger partial charge on any atom is 0.235 e. The maximum absolute atomic E-state index is 11.2. The van der Waals surface area contributed by atoms with Gasteiger partial charge in [0.1, 0.15) is 11.5 Å². The lowest BCUT2D eigenvalue weighted by atomic mass is 10.2. The highest BCUT2D eigenvalue weighted by molar-refractivity contribution is 7.92. The van der Waals surface area contributed by atoms with Crippen LogP contribution >= 0.6 is 0 Å². The van der Waals surface area contributed by atoms with Crippen LogP contribution in [0.3, 0.4) is 0 Å². The highest BCUT2D eigenvalue weighted by Crippen LogP contribution is 2.10. The first-order chi connectivity index (χ1) is 7.53. The van der Waals surface area contributed by atoms with Gasteiger partial charge in [-0.2, -0.15) is 5.26 Å². The molecule has 1 atom stereocenters. The van der Waals surface area contributed by atoms with Crippen LogP contribution in [0, 0.1) is 11.3 Å². The van der Waals surface area contributed by atoms with Crippen molar-refractivity contribution < 1.29 is 17.9 Å². The second-order valence-corrected chi connectivity index (χ2v) is 5.69. The van der Waals surface area contributed by atoms with Crippen molar-refractivity contribution in [2.75, 3.05) is 24.7 Å². The zero-order chi connectivity index (χ0) is 12.0. The number of sulfone groups is 1. The number of rotatable bonds is 5. The van der Waals surface area contributed by atoms with E-state index in [1.165, 1.54) is 6.07 Å². The van der Waals surface area contributed by atoms with Gasteiger partial charge in [0.2, 0.25) is 5.91 Å². The lowest BCUT2D eigenvalue weighted by Gasteiger charge is -2.10. The van der Waals surface area contributed by atoms with Crippen LogP contribution in [0.25, 0.3) is 0 Å². The molecule has 1 unspecified atom stereocenters. The first-order valence-corrected chi connectivity index (χ1v) is 6.81. The second kappa shape index (κ2) is 5.82. The summed E-state index contributed by atoms with van der Waals surface area (Å²) in [6.07, 6.45) is 1.83. The fourth-order valence-corrected chi connectivity index (χ4v) is 2.23. The Morgan fingerprint density at radius 2 is 2.31 bits per heavy atom. The third-order valence-electron chi connectivity index (χ3n) is 2.19. The van der Waals surface area contributed by atoms with E-state index in [1.54, 1.807) is 0 Å². The van der Waals surface area contributed by atoms with E-state index >= 15 is 0 Å². The number of hydrogen-bond acceptors (Lipinski definition) is 5. The van der Waals surface area contributed by atoms with Gasteiger partial charge in [0.15, 0.2) is 9.84 Å². The molecule has 1 amide bonds. The van der Waals surface area contributed by atoms with Crippen LogP contribution in [0.4, 0.5) is 0 Å². The van der Waals surface area contributed by atoms with E-state index in [-0.39, 0.29) is 6.10 Å². The number of carbonyl (C=O) groups excluding carboxylic acids is 1. The standard InChI is InChI=1S/C9H14N2O4S/c10-3-5-16(13,14)7-9(12)11-6-8-2-1-4-15-8/h8H,1-2,4-7H2,(H,11,12). The molecule has 1 aliphatic heterocycles. The van der Waals surface area contributed by atoms with Gasteiger partial charge in [0.05, 0.1) is 12.2 Å². The van der Waals surface area contributed by atoms with Gasteiger partial charge in [-0.15, -0.1) is 0 Å². The van der Waals surface area contributed by atoms with Crippen LogP contribution in [0.15, 0.2) is 0 Å². The summed E-state index contributed by atoms with van der Waals surface area (Å²) < 4.78 is 27.5. The van der Waals surface area contributed by atoms with Gasteiger partial charge >= 0.3 is 0 Å². The minimum absolute atomic E-state index is 0.0115. The fraction of sp³-hybridized carbons (Fsp3) is 0.778. The molecule has 1 rings (SSSR count). The topological polar surface area (TPSA) is 96.3 Å². The van der Waals surface area contributed by atoms with Gasteiger partial charge < -0.3 is 10.1 Å². The first-order valence-electron chi connectivity index (χ1n) is 4.99. The second-order valence-electron chi connectivity index (χ2n) is 3.63. The number of nitrogens with one attached hydrogen (secondary N) is 1. The predicted molar refractivity (Wildman–Crippen MR) is 56.3 cm³/mol. The Balaban J connectivity index is 2.28. The van der Waals surface area contributed by atoms with Crippen molar-refractivity contribution in [2.45, 2.75) is 18.9 Å². The van der Waals surface area contributed by atoms with E-state index < -0.39 is 27.3 Å². The van der Waals surface area contributed by atoms with E-state index in [0.29, 0.717) is 13.2 Å². The summed E-state index contributed by atoms with van der Waals surface area (Å²) in [5.74, 6) is -1.83. The quantitative estimate of drug-likeness (QED) is 0.686. The highest BCUT2D eigenvalue weighted by Gasteiger charge is 2.19. The van der Waals surface area contributed by atoms with Crippen molar-refractivity contribution in [3.8, 4) is 6.07 Å². The van der Waals surface area contributed by atoms with Crippen LogP contribution in [-0.4, -0.2) is 45.1 Å². The Kier molecular flexibility index (Phi) is 4.71. The number of hydrogen-bond donors (Lipinski definition) is 1. The molecule has 90 valence electrons. The van der Waals surface area contributed by atoms with E-state index in [0.717, 1.165) is 12.8 Å². The molecule has 1 heterocycles. The van der Waals surface area contributed by atoms with Gasteiger partial charge in [-0.3, -0.25) is 4.79 Å². The van der Waals surface area contributed by atoms with E-state index in [4.69, 9.17) is 10.00 Å². The van der Waals surface area contributed by atoms with E-state index in [9.17, 15) is 13.2 Å². The van der Waals surface area contributed by atoms with Crippen molar-refractivity contribution >= 4 is 15.7 Å². The van der Waals surface area contributed by atoms with E-state index in [2.05, 4.69) is 5.32 Å². The smallest absolute Gasteiger partial charge is 0.235 e. The van der Waals surface area contributed by atoms with Crippen molar-refractivity contribution in [3.63, 3.8) is 0 Å². The molecule has 1 N–H and O–H groups in total. The summed E-state index contributed by atoms with van der Waals surface area (Å²) in [4.78, 5) is 11.2. The largest absolute Gasteiger partial charge is 0.376 e. The Labute approximate surface area is 94.5 Å². The molecule has 7 heteroatoms. The van der Waals surface area contributed by atoms with Gasteiger partial charge in [-0.05, 0) is 12.8 Å². The Morgan fingerprint density at radius 1 is 1.56 bits per heavy atom. The SMILES string of the molecule is N#CCS(=O)(=O)CC(=O)NCC1CCCO1. The van der Waals surface area contributed by atoms with Gasteiger partial charge in [0, 0.05) is 13.2 Å². The zero-order valence-corrected chi connectivity index (χ0v) is 9.62. The average molecular weight is 246 g/mol. The van der Waals surface area contributed by atoms with Crippen LogP contribution in [-0.2, 0) is 19.4 Å². The summed E-state index contributed by atoms with van der Waals surface area (Å²) in [6, 6.07) is 1.52. The monoisotopic (exact) mass is 246 g/mol. The van der Waals surface area contributed by atoms with Crippen LogP contribution in [0.5, 0.6) is 0 Å². The molecule has 1 fully saturated rings. The highest BCUT2D eigenvalue weighted by atomic mass is 32.2. The maximum atomic E-state index is 11.2. The summed E-state index contributed by atoms with van der Waals surface area (Å²) in [7, 11) is -3.59. The Bertz CT molecular complexity index is 379.